The maximum absolute atomic E-state index is 13.8. The van der Waals surface area contributed by atoms with Crippen molar-refractivity contribution in [1.82, 2.24) is 19.8 Å². The summed E-state index contributed by atoms with van der Waals surface area (Å²) >= 11 is 0. The fourth-order valence-corrected chi connectivity index (χ4v) is 6.45. The third kappa shape index (κ3) is 5.63. The Morgan fingerprint density at radius 2 is 1.98 bits per heavy atom. The topological polar surface area (TPSA) is 85.6 Å². The minimum absolute atomic E-state index is 0.0773. The highest BCUT2D eigenvalue weighted by atomic mass is 19.1. The van der Waals surface area contributed by atoms with E-state index < -0.39 is 17.8 Å². The summed E-state index contributed by atoms with van der Waals surface area (Å²) in [6, 6.07) is 18.5. The maximum Gasteiger partial charge on any atom is 0.282 e. The zero-order valence-electron chi connectivity index (χ0n) is 24.6. The molecule has 1 amide bonds. The first-order valence-corrected chi connectivity index (χ1v) is 14.7. The van der Waals surface area contributed by atoms with Gasteiger partial charge in [0.2, 0.25) is 5.88 Å². The van der Waals surface area contributed by atoms with E-state index in [2.05, 4.69) is 78.9 Å². The number of amides is 1. The summed E-state index contributed by atoms with van der Waals surface area (Å²) in [4.78, 5) is 28.2. The predicted molar refractivity (Wildman–Crippen MR) is 167 cm³/mol. The molecule has 2 aliphatic rings. The number of hydrogen-bond acceptors (Lipinski definition) is 7. The Labute approximate surface area is 251 Å². The Balaban J connectivity index is 1.41. The number of rotatable bonds is 7. The number of nitriles is 1. The molecule has 43 heavy (non-hydrogen) atoms. The van der Waals surface area contributed by atoms with Crippen LogP contribution < -0.4 is 9.64 Å². The average molecular weight is 579 g/mol. The molecule has 0 aliphatic carbocycles. The zero-order chi connectivity index (χ0) is 30.1. The quantitative estimate of drug-likeness (QED) is 0.262. The van der Waals surface area contributed by atoms with Gasteiger partial charge < -0.3 is 19.4 Å². The van der Waals surface area contributed by atoms with E-state index in [0.29, 0.717) is 42.7 Å². The highest BCUT2D eigenvalue weighted by Crippen LogP contribution is 2.36. The number of halogens is 1. The van der Waals surface area contributed by atoms with Gasteiger partial charge in [-0.25, -0.2) is 9.37 Å². The molecule has 0 N–H and O–H groups in total. The first kappa shape index (κ1) is 28.6. The van der Waals surface area contributed by atoms with E-state index in [1.807, 2.05) is 12.3 Å². The molecule has 9 heteroatoms. The third-order valence-corrected chi connectivity index (χ3v) is 8.76. The lowest BCUT2D eigenvalue weighted by Gasteiger charge is -2.41. The van der Waals surface area contributed by atoms with Crippen molar-refractivity contribution in [2.45, 2.75) is 38.3 Å². The van der Waals surface area contributed by atoms with Gasteiger partial charge >= 0.3 is 0 Å². The smallest absolute Gasteiger partial charge is 0.282 e. The van der Waals surface area contributed by atoms with Gasteiger partial charge in [0.25, 0.3) is 5.91 Å². The SMILES string of the molecule is C=C(F)C(=O)N1CCN(c2cc(OC[C@@H]3CCCN3C)nc3cc(-c4cccc5cccc(C)c45)cnc23)C[C@@H]1CC#N. The molecule has 8 nitrogen and oxygen atoms in total. The number of ether oxygens (including phenoxy) is 1. The number of benzene rings is 2. The number of likely N-dealkylation sites (tertiary alicyclic amines) is 1. The maximum atomic E-state index is 13.8. The van der Waals surface area contributed by atoms with Crippen molar-refractivity contribution in [1.29, 1.82) is 5.26 Å². The summed E-state index contributed by atoms with van der Waals surface area (Å²) in [5, 5.41) is 11.8. The third-order valence-electron chi connectivity index (χ3n) is 8.76. The van der Waals surface area contributed by atoms with Crippen LogP contribution in [0.5, 0.6) is 5.88 Å². The summed E-state index contributed by atoms with van der Waals surface area (Å²) in [6.45, 7) is 7.92. The number of carbonyl (C=O) groups excluding carboxylic acids is 1. The van der Waals surface area contributed by atoms with Gasteiger partial charge in [-0.1, -0.05) is 43.0 Å². The van der Waals surface area contributed by atoms with Crippen LogP contribution in [0.4, 0.5) is 10.1 Å². The van der Waals surface area contributed by atoms with Crippen molar-refractivity contribution in [3.05, 3.63) is 72.7 Å². The molecule has 2 saturated heterocycles. The molecular weight excluding hydrogens is 543 g/mol. The van der Waals surface area contributed by atoms with Gasteiger partial charge in [0.1, 0.15) is 12.1 Å². The van der Waals surface area contributed by atoms with E-state index in [9.17, 15) is 14.4 Å². The van der Waals surface area contributed by atoms with Crippen LogP contribution in [0.3, 0.4) is 0 Å². The number of nitrogens with zero attached hydrogens (tertiary/aromatic N) is 6. The lowest BCUT2D eigenvalue weighted by Crippen LogP contribution is -2.55. The molecule has 2 aromatic carbocycles. The normalized spacial score (nSPS) is 19.1. The predicted octanol–water partition coefficient (Wildman–Crippen LogP) is 5.65. The number of aryl methyl sites for hydroxylation is 1. The molecule has 220 valence electrons. The lowest BCUT2D eigenvalue weighted by atomic mass is 9.96. The van der Waals surface area contributed by atoms with Crippen molar-refractivity contribution in [3.8, 4) is 23.1 Å². The van der Waals surface area contributed by atoms with Gasteiger partial charge in [-0.2, -0.15) is 5.26 Å². The standard InChI is InChI=1S/C34H35FN6O2/c1-22-7-4-8-24-9-5-11-28(32(22)24)25-17-29-33(37-19-25)30(18-31(38-29)43-21-27-10-6-14-39(27)3)40-15-16-41(34(42)23(2)35)26(20-40)12-13-36/h4-5,7-9,11,17-19,26-27H,2,6,10,12,14-16,20-21H2,1,3H3/t26-,27-/m0/s1. The molecule has 0 radical (unpaired) electrons. The number of pyridine rings is 2. The second-order valence-electron chi connectivity index (χ2n) is 11.5. The fourth-order valence-electron chi connectivity index (χ4n) is 6.45. The average Bonchev–Trinajstić information content (AvgIpc) is 3.43. The highest BCUT2D eigenvalue weighted by molar-refractivity contribution is 6.01. The van der Waals surface area contributed by atoms with Gasteiger partial charge in [0.05, 0.1) is 29.7 Å². The second-order valence-corrected chi connectivity index (χ2v) is 11.5. The Morgan fingerprint density at radius 1 is 1.16 bits per heavy atom. The van der Waals surface area contributed by atoms with Crippen LogP contribution in [-0.2, 0) is 4.79 Å². The molecule has 0 saturated carbocycles. The van der Waals surface area contributed by atoms with E-state index in [1.165, 1.54) is 15.8 Å². The van der Waals surface area contributed by atoms with Gasteiger partial charge in [-0.15, -0.1) is 0 Å². The lowest BCUT2D eigenvalue weighted by molar-refractivity contribution is -0.131. The first-order valence-electron chi connectivity index (χ1n) is 14.7. The first-order chi connectivity index (χ1) is 20.8. The molecule has 4 heterocycles. The summed E-state index contributed by atoms with van der Waals surface area (Å²) in [5.74, 6) is -1.28. The summed E-state index contributed by atoms with van der Waals surface area (Å²) in [6.07, 6.45) is 4.18. The molecule has 2 aliphatic heterocycles. The number of carbonyl (C=O) groups is 1. The number of piperazine rings is 1. The van der Waals surface area contributed by atoms with Gasteiger partial charge in [-0.3, -0.25) is 9.78 Å². The molecule has 0 bridgehead atoms. The Morgan fingerprint density at radius 3 is 2.72 bits per heavy atom. The van der Waals surface area contributed by atoms with E-state index in [0.717, 1.165) is 41.6 Å². The van der Waals surface area contributed by atoms with Crippen LogP contribution in [-0.4, -0.2) is 77.6 Å². The van der Waals surface area contributed by atoms with E-state index in [-0.39, 0.29) is 13.0 Å². The summed E-state index contributed by atoms with van der Waals surface area (Å²) in [5.41, 5.74) is 5.44. The Bertz CT molecular complexity index is 1750. The van der Waals surface area contributed by atoms with Crippen LogP contribution >= 0.6 is 0 Å². The molecule has 2 aromatic heterocycles. The van der Waals surface area contributed by atoms with Crippen molar-refractivity contribution in [3.63, 3.8) is 0 Å². The van der Waals surface area contributed by atoms with Crippen LogP contribution in [0.2, 0.25) is 0 Å². The molecule has 2 fully saturated rings. The van der Waals surface area contributed by atoms with Crippen molar-refractivity contribution >= 4 is 33.4 Å². The largest absolute Gasteiger partial charge is 0.476 e. The molecule has 0 spiro atoms. The Hall–Kier alpha value is -4.55. The fraction of sp³-hybridized carbons (Fsp3) is 0.353. The number of fused-ring (bicyclic) bond motifs is 2. The molecular formula is C34H35FN6O2. The summed E-state index contributed by atoms with van der Waals surface area (Å²) in [7, 11) is 2.12. The van der Waals surface area contributed by atoms with Crippen molar-refractivity contribution < 1.29 is 13.9 Å². The summed E-state index contributed by atoms with van der Waals surface area (Å²) < 4.78 is 20.1. The van der Waals surface area contributed by atoms with E-state index in [1.54, 1.807) is 0 Å². The molecule has 4 aromatic rings. The van der Waals surface area contributed by atoms with E-state index in [4.69, 9.17) is 14.7 Å². The van der Waals surface area contributed by atoms with Crippen molar-refractivity contribution in [2.24, 2.45) is 0 Å². The minimum atomic E-state index is -1.02. The van der Waals surface area contributed by atoms with E-state index >= 15 is 0 Å². The minimum Gasteiger partial charge on any atom is -0.476 e. The molecule has 6 rings (SSSR count). The number of likely N-dealkylation sites (N-methyl/N-ethyl adjacent to an activating group) is 1. The zero-order valence-corrected chi connectivity index (χ0v) is 24.6. The monoisotopic (exact) mass is 578 g/mol. The number of hydrogen-bond donors (Lipinski definition) is 0. The second kappa shape index (κ2) is 12.0. The van der Waals surface area contributed by atoms with Crippen LogP contribution in [0.15, 0.2) is 67.1 Å². The van der Waals surface area contributed by atoms with Crippen molar-refractivity contribution in [2.75, 3.05) is 44.7 Å². The Kier molecular flexibility index (Phi) is 7.96. The van der Waals surface area contributed by atoms with Crippen LogP contribution in [0.25, 0.3) is 32.9 Å². The van der Waals surface area contributed by atoms with Gasteiger partial charge in [0.15, 0.2) is 5.83 Å². The van der Waals surface area contributed by atoms with Gasteiger partial charge in [0, 0.05) is 43.5 Å². The van der Waals surface area contributed by atoms with Crippen LogP contribution in [0.1, 0.15) is 24.8 Å². The van der Waals surface area contributed by atoms with Crippen LogP contribution in [0, 0.1) is 18.3 Å². The van der Waals surface area contributed by atoms with Gasteiger partial charge in [-0.05, 0) is 61.3 Å². The molecule has 0 unspecified atom stereocenters. The molecule has 2 atom stereocenters. The number of anilines is 1. The highest BCUT2D eigenvalue weighted by Gasteiger charge is 2.33. The number of aromatic nitrogens is 2.